The second kappa shape index (κ2) is 7.48. The minimum absolute atomic E-state index is 0.111. The van der Waals surface area contributed by atoms with Crippen molar-refractivity contribution in [2.24, 2.45) is 5.92 Å². The van der Waals surface area contributed by atoms with Gasteiger partial charge in [0.05, 0.1) is 6.54 Å². The van der Waals surface area contributed by atoms with Gasteiger partial charge in [-0.25, -0.2) is 4.79 Å². The first kappa shape index (κ1) is 17.7. The van der Waals surface area contributed by atoms with Gasteiger partial charge in [-0.15, -0.1) is 0 Å². The Morgan fingerprint density at radius 1 is 1.00 bits per heavy atom. The Morgan fingerprint density at radius 2 is 1.70 bits per heavy atom. The van der Waals surface area contributed by atoms with Gasteiger partial charge in [0.2, 0.25) is 0 Å². The number of carbonyl (C=O) groups is 2. The number of hydrogen-bond acceptors (Lipinski definition) is 4. The normalized spacial score (nSPS) is 23.5. The number of nitrogens with zero attached hydrogens (tertiary/aromatic N) is 2. The number of urea groups is 1. The topological polar surface area (TPSA) is 74.3 Å². The van der Waals surface area contributed by atoms with Crippen LogP contribution in [-0.4, -0.2) is 40.5 Å². The number of pyridine rings is 1. The number of hydrogen-bond donors (Lipinski definition) is 2. The van der Waals surface area contributed by atoms with Gasteiger partial charge in [0.15, 0.2) is 0 Å². The van der Waals surface area contributed by atoms with Crippen LogP contribution in [0.1, 0.15) is 24.0 Å². The highest BCUT2D eigenvalue weighted by Gasteiger charge is 2.55. The highest BCUT2D eigenvalue weighted by atomic mass is 16.2. The van der Waals surface area contributed by atoms with Crippen LogP contribution in [0.25, 0.3) is 0 Å². The Kier molecular flexibility index (Phi) is 4.90. The van der Waals surface area contributed by atoms with Crippen molar-refractivity contribution in [2.45, 2.75) is 31.3 Å². The number of benzene rings is 1. The van der Waals surface area contributed by atoms with Gasteiger partial charge in [0.1, 0.15) is 5.54 Å². The molecule has 2 saturated heterocycles. The van der Waals surface area contributed by atoms with Crippen molar-refractivity contribution in [1.82, 2.24) is 20.5 Å². The fourth-order valence-electron chi connectivity index (χ4n) is 4.23. The van der Waals surface area contributed by atoms with Crippen molar-refractivity contribution in [1.29, 1.82) is 0 Å². The smallest absolute Gasteiger partial charge is 0.322 e. The summed E-state index contributed by atoms with van der Waals surface area (Å²) in [4.78, 5) is 31.7. The molecule has 0 bridgehead atoms. The molecule has 0 aliphatic carbocycles. The summed E-state index contributed by atoms with van der Waals surface area (Å²) in [6.07, 6.45) is 5.63. The maximum absolute atomic E-state index is 13.6. The van der Waals surface area contributed by atoms with E-state index in [9.17, 15) is 9.59 Å². The molecule has 1 aromatic carbocycles. The lowest BCUT2D eigenvalue weighted by molar-refractivity contribution is -0.134. The predicted molar refractivity (Wildman–Crippen MR) is 102 cm³/mol. The number of aromatic nitrogens is 1. The van der Waals surface area contributed by atoms with Gasteiger partial charge < -0.3 is 10.6 Å². The van der Waals surface area contributed by atoms with E-state index in [-0.39, 0.29) is 24.4 Å². The van der Waals surface area contributed by atoms with E-state index < -0.39 is 5.54 Å². The summed E-state index contributed by atoms with van der Waals surface area (Å²) in [6, 6.07) is 13.3. The SMILES string of the molecule is O=C1N[C@@](Cc2ccccc2)(C2CCNCC2)C(=O)N1Cc1ccncc1. The average molecular weight is 364 g/mol. The van der Waals surface area contributed by atoms with Gasteiger partial charge in [-0.2, -0.15) is 0 Å². The third-order valence-corrected chi connectivity index (χ3v) is 5.65. The van der Waals surface area contributed by atoms with Crippen LogP contribution in [0, 0.1) is 5.92 Å². The van der Waals surface area contributed by atoms with Crippen LogP contribution in [0.4, 0.5) is 4.79 Å². The van der Waals surface area contributed by atoms with E-state index >= 15 is 0 Å². The van der Waals surface area contributed by atoms with E-state index in [0.29, 0.717) is 6.42 Å². The van der Waals surface area contributed by atoms with Crippen LogP contribution in [0.5, 0.6) is 0 Å². The second-order valence-corrected chi connectivity index (χ2v) is 7.33. The molecule has 3 heterocycles. The summed E-state index contributed by atoms with van der Waals surface area (Å²) in [6.45, 7) is 2.01. The molecule has 1 aromatic heterocycles. The van der Waals surface area contributed by atoms with E-state index in [1.165, 1.54) is 4.90 Å². The summed E-state index contributed by atoms with van der Waals surface area (Å²) >= 11 is 0. The summed E-state index contributed by atoms with van der Waals surface area (Å²) in [7, 11) is 0. The molecular formula is C21H24N4O2. The zero-order valence-electron chi connectivity index (χ0n) is 15.2. The monoisotopic (exact) mass is 364 g/mol. The van der Waals surface area contributed by atoms with Gasteiger partial charge in [-0.1, -0.05) is 30.3 Å². The number of imide groups is 1. The van der Waals surface area contributed by atoms with E-state index in [0.717, 1.165) is 37.1 Å². The molecule has 140 valence electrons. The van der Waals surface area contributed by atoms with Crippen molar-refractivity contribution in [3.05, 3.63) is 66.0 Å². The maximum Gasteiger partial charge on any atom is 0.325 e. The summed E-state index contributed by atoms with van der Waals surface area (Å²) in [5.41, 5.74) is 1.10. The van der Waals surface area contributed by atoms with Gasteiger partial charge in [0, 0.05) is 18.8 Å². The molecule has 2 aliphatic heterocycles. The maximum atomic E-state index is 13.6. The van der Waals surface area contributed by atoms with Crippen LogP contribution in [0.3, 0.4) is 0 Å². The summed E-state index contributed by atoms with van der Waals surface area (Å²) in [5, 5.41) is 6.45. The number of rotatable bonds is 5. The van der Waals surface area contributed by atoms with Gasteiger partial charge in [-0.05, 0) is 55.1 Å². The van der Waals surface area contributed by atoms with Crippen molar-refractivity contribution < 1.29 is 9.59 Å². The van der Waals surface area contributed by atoms with E-state index in [4.69, 9.17) is 0 Å². The molecule has 4 rings (SSSR count). The average Bonchev–Trinajstić information content (AvgIpc) is 2.95. The van der Waals surface area contributed by atoms with Crippen LogP contribution in [0.2, 0.25) is 0 Å². The Labute approximate surface area is 159 Å². The first-order chi connectivity index (χ1) is 13.2. The van der Waals surface area contributed by atoms with E-state index in [1.807, 2.05) is 42.5 Å². The Hall–Kier alpha value is -2.73. The molecule has 27 heavy (non-hydrogen) atoms. The minimum Gasteiger partial charge on any atom is -0.322 e. The first-order valence-electron chi connectivity index (χ1n) is 9.47. The van der Waals surface area contributed by atoms with Crippen LogP contribution in [-0.2, 0) is 17.8 Å². The molecule has 2 N–H and O–H groups in total. The number of carbonyl (C=O) groups excluding carboxylic acids is 2. The fourth-order valence-corrected chi connectivity index (χ4v) is 4.23. The highest BCUT2D eigenvalue weighted by molar-refractivity contribution is 6.07. The highest BCUT2D eigenvalue weighted by Crippen LogP contribution is 2.35. The van der Waals surface area contributed by atoms with Gasteiger partial charge in [0.25, 0.3) is 5.91 Å². The molecule has 0 saturated carbocycles. The summed E-state index contributed by atoms with van der Waals surface area (Å²) in [5.74, 6) is 0.0120. The quantitative estimate of drug-likeness (QED) is 0.797. The number of piperidine rings is 1. The summed E-state index contributed by atoms with van der Waals surface area (Å²) < 4.78 is 0. The van der Waals surface area contributed by atoms with Crippen molar-refractivity contribution >= 4 is 11.9 Å². The van der Waals surface area contributed by atoms with Crippen molar-refractivity contribution in [3.63, 3.8) is 0 Å². The number of nitrogens with one attached hydrogen (secondary N) is 2. The molecule has 1 atom stereocenters. The van der Waals surface area contributed by atoms with Crippen molar-refractivity contribution in [3.8, 4) is 0 Å². The molecular weight excluding hydrogens is 340 g/mol. The molecule has 3 amide bonds. The number of amides is 3. The fraction of sp³-hybridized carbons (Fsp3) is 0.381. The van der Waals surface area contributed by atoms with E-state index in [2.05, 4.69) is 15.6 Å². The molecule has 6 heteroatoms. The Bertz CT molecular complexity index is 805. The largest absolute Gasteiger partial charge is 0.325 e. The predicted octanol–water partition coefficient (Wildman–Crippen LogP) is 2.11. The lowest BCUT2D eigenvalue weighted by Crippen LogP contribution is -2.57. The lowest BCUT2D eigenvalue weighted by atomic mass is 9.74. The third kappa shape index (κ3) is 3.45. The van der Waals surface area contributed by atoms with Crippen LogP contribution >= 0.6 is 0 Å². The third-order valence-electron chi connectivity index (χ3n) is 5.65. The molecule has 6 nitrogen and oxygen atoms in total. The Balaban J connectivity index is 1.65. The van der Waals surface area contributed by atoms with E-state index in [1.54, 1.807) is 12.4 Å². The van der Waals surface area contributed by atoms with Crippen LogP contribution in [0.15, 0.2) is 54.9 Å². The molecule has 2 aliphatic rings. The zero-order valence-corrected chi connectivity index (χ0v) is 15.2. The Morgan fingerprint density at radius 3 is 2.41 bits per heavy atom. The lowest BCUT2D eigenvalue weighted by Gasteiger charge is -2.38. The van der Waals surface area contributed by atoms with Gasteiger partial charge in [-0.3, -0.25) is 14.7 Å². The molecule has 0 radical (unpaired) electrons. The second-order valence-electron chi connectivity index (χ2n) is 7.33. The minimum atomic E-state index is -0.867. The molecule has 2 aromatic rings. The molecule has 0 spiro atoms. The van der Waals surface area contributed by atoms with Crippen molar-refractivity contribution in [2.75, 3.05) is 13.1 Å². The standard InChI is InChI=1S/C21H24N4O2/c26-19-21(18-8-12-23-13-9-18,14-16-4-2-1-3-5-16)24-20(27)25(19)15-17-6-10-22-11-7-17/h1-7,10-11,18,23H,8-9,12-15H2,(H,24,27)/t21-/m0/s1. The zero-order chi connectivity index (χ0) is 18.7. The van der Waals surface area contributed by atoms with Gasteiger partial charge >= 0.3 is 6.03 Å². The molecule has 0 unspecified atom stereocenters. The van der Waals surface area contributed by atoms with Crippen LogP contribution < -0.4 is 10.6 Å². The molecule has 2 fully saturated rings. The first-order valence-corrected chi connectivity index (χ1v) is 9.47.